The highest BCUT2D eigenvalue weighted by atomic mass is 16.6. The van der Waals surface area contributed by atoms with Gasteiger partial charge in [-0.25, -0.2) is 4.79 Å². The van der Waals surface area contributed by atoms with E-state index in [1.165, 1.54) is 6.92 Å². The van der Waals surface area contributed by atoms with Crippen LogP contribution in [0.5, 0.6) is 0 Å². The molecule has 1 rings (SSSR count). The highest BCUT2D eigenvalue weighted by molar-refractivity contribution is 6.37. The first-order valence-corrected chi connectivity index (χ1v) is 5.84. The lowest BCUT2D eigenvalue weighted by atomic mass is 10.1. The number of ether oxygens (including phenoxy) is 1. The molecule has 0 aliphatic rings. The maximum Gasteiger partial charge on any atom is 0.397 e. The molecule has 19 heavy (non-hydrogen) atoms. The SMILES string of the molecule is CC(=O)c1ccc(NC(=O)C(=O)OC(C)(C)C)cc1. The Bertz CT molecular complexity index is 497. The third-order valence-electron chi connectivity index (χ3n) is 2.13. The summed E-state index contributed by atoms with van der Waals surface area (Å²) in [6.07, 6.45) is 0. The number of rotatable bonds is 2. The molecule has 0 saturated heterocycles. The van der Waals surface area contributed by atoms with Gasteiger partial charge in [0.25, 0.3) is 0 Å². The Balaban J connectivity index is 2.67. The van der Waals surface area contributed by atoms with Gasteiger partial charge in [-0.15, -0.1) is 0 Å². The molecular weight excluding hydrogens is 246 g/mol. The van der Waals surface area contributed by atoms with Crippen molar-refractivity contribution in [2.75, 3.05) is 5.32 Å². The monoisotopic (exact) mass is 263 g/mol. The van der Waals surface area contributed by atoms with Gasteiger partial charge < -0.3 is 10.1 Å². The molecule has 0 fully saturated rings. The molecule has 0 aromatic heterocycles. The summed E-state index contributed by atoms with van der Waals surface area (Å²) >= 11 is 0. The maximum absolute atomic E-state index is 11.6. The zero-order valence-electron chi connectivity index (χ0n) is 11.4. The minimum absolute atomic E-state index is 0.0648. The number of amides is 1. The van der Waals surface area contributed by atoms with Crippen LogP contribution in [0.4, 0.5) is 5.69 Å². The Labute approximate surface area is 111 Å². The van der Waals surface area contributed by atoms with Crippen molar-refractivity contribution in [2.45, 2.75) is 33.3 Å². The summed E-state index contributed by atoms with van der Waals surface area (Å²) in [4.78, 5) is 34.1. The molecule has 0 aliphatic carbocycles. The number of hydrogen-bond acceptors (Lipinski definition) is 4. The lowest BCUT2D eigenvalue weighted by molar-refractivity contribution is -0.161. The van der Waals surface area contributed by atoms with Gasteiger partial charge in [-0.3, -0.25) is 9.59 Å². The summed E-state index contributed by atoms with van der Waals surface area (Å²) in [6, 6.07) is 6.26. The van der Waals surface area contributed by atoms with Crippen LogP contribution in [0, 0.1) is 0 Å². The van der Waals surface area contributed by atoms with Crippen LogP contribution in [0.3, 0.4) is 0 Å². The summed E-state index contributed by atoms with van der Waals surface area (Å²) in [5.74, 6) is -1.85. The molecule has 1 amide bonds. The average Bonchev–Trinajstić information content (AvgIpc) is 2.27. The van der Waals surface area contributed by atoms with Gasteiger partial charge in [0.15, 0.2) is 5.78 Å². The molecule has 1 N–H and O–H groups in total. The van der Waals surface area contributed by atoms with Crippen LogP contribution in [-0.4, -0.2) is 23.3 Å². The Morgan fingerprint density at radius 1 is 1.05 bits per heavy atom. The summed E-state index contributed by atoms with van der Waals surface area (Å²) < 4.78 is 4.93. The van der Waals surface area contributed by atoms with Gasteiger partial charge >= 0.3 is 11.9 Å². The van der Waals surface area contributed by atoms with Crippen molar-refractivity contribution in [1.29, 1.82) is 0 Å². The number of benzene rings is 1. The van der Waals surface area contributed by atoms with Crippen LogP contribution < -0.4 is 5.32 Å². The zero-order valence-corrected chi connectivity index (χ0v) is 11.4. The van der Waals surface area contributed by atoms with E-state index in [1.807, 2.05) is 0 Å². The summed E-state index contributed by atoms with van der Waals surface area (Å²) in [7, 11) is 0. The van der Waals surface area contributed by atoms with Crippen LogP contribution >= 0.6 is 0 Å². The predicted molar refractivity (Wildman–Crippen MR) is 70.9 cm³/mol. The molecule has 0 radical (unpaired) electrons. The Morgan fingerprint density at radius 3 is 2.00 bits per heavy atom. The fourth-order valence-corrected chi connectivity index (χ4v) is 1.29. The van der Waals surface area contributed by atoms with Gasteiger partial charge in [-0.05, 0) is 52.0 Å². The largest absolute Gasteiger partial charge is 0.453 e. The molecule has 0 saturated carbocycles. The fourth-order valence-electron chi connectivity index (χ4n) is 1.29. The quantitative estimate of drug-likeness (QED) is 0.504. The van der Waals surface area contributed by atoms with Gasteiger partial charge in [0.05, 0.1) is 0 Å². The standard InChI is InChI=1S/C14H17NO4/c1-9(16)10-5-7-11(8-6-10)15-12(17)13(18)19-14(2,3)4/h5-8H,1-4H3,(H,15,17). The molecule has 1 aromatic carbocycles. The number of carbonyl (C=O) groups is 3. The van der Waals surface area contributed by atoms with E-state index in [4.69, 9.17) is 4.74 Å². The first kappa shape index (κ1) is 14.9. The second-order valence-corrected chi connectivity index (χ2v) is 5.09. The highest BCUT2D eigenvalue weighted by Gasteiger charge is 2.22. The Hall–Kier alpha value is -2.17. The number of esters is 1. The highest BCUT2D eigenvalue weighted by Crippen LogP contribution is 2.11. The van der Waals surface area contributed by atoms with E-state index < -0.39 is 17.5 Å². The van der Waals surface area contributed by atoms with Crippen molar-refractivity contribution in [1.82, 2.24) is 0 Å². The molecule has 0 bridgehead atoms. The predicted octanol–water partition coefficient (Wildman–Crippen LogP) is 2.17. The zero-order chi connectivity index (χ0) is 14.6. The number of nitrogens with one attached hydrogen (secondary N) is 1. The molecule has 0 unspecified atom stereocenters. The van der Waals surface area contributed by atoms with Crippen molar-refractivity contribution in [3.05, 3.63) is 29.8 Å². The number of anilines is 1. The van der Waals surface area contributed by atoms with E-state index in [0.717, 1.165) is 0 Å². The van der Waals surface area contributed by atoms with E-state index >= 15 is 0 Å². The van der Waals surface area contributed by atoms with E-state index in [-0.39, 0.29) is 5.78 Å². The second kappa shape index (κ2) is 5.65. The summed E-state index contributed by atoms with van der Waals surface area (Å²) in [5.41, 5.74) is 0.253. The second-order valence-electron chi connectivity index (χ2n) is 5.09. The maximum atomic E-state index is 11.6. The van der Waals surface area contributed by atoms with Gasteiger partial charge in [-0.2, -0.15) is 0 Å². The van der Waals surface area contributed by atoms with E-state index in [2.05, 4.69) is 5.32 Å². The van der Waals surface area contributed by atoms with Crippen molar-refractivity contribution in [2.24, 2.45) is 0 Å². The van der Waals surface area contributed by atoms with Gasteiger partial charge in [-0.1, -0.05) is 0 Å². The topological polar surface area (TPSA) is 72.5 Å². The average molecular weight is 263 g/mol. The van der Waals surface area contributed by atoms with Crippen molar-refractivity contribution >= 4 is 23.3 Å². The van der Waals surface area contributed by atoms with Crippen LogP contribution in [-0.2, 0) is 14.3 Å². The van der Waals surface area contributed by atoms with Crippen LogP contribution in [0.2, 0.25) is 0 Å². The molecule has 102 valence electrons. The molecule has 5 nitrogen and oxygen atoms in total. The number of hydrogen-bond donors (Lipinski definition) is 1. The molecular formula is C14H17NO4. The third-order valence-corrected chi connectivity index (χ3v) is 2.13. The van der Waals surface area contributed by atoms with Gasteiger partial charge in [0.2, 0.25) is 0 Å². The lowest BCUT2D eigenvalue weighted by Gasteiger charge is -2.18. The third kappa shape index (κ3) is 4.91. The number of carbonyl (C=O) groups excluding carboxylic acids is 3. The Kier molecular flexibility index (Phi) is 4.43. The van der Waals surface area contributed by atoms with E-state index in [0.29, 0.717) is 11.3 Å². The molecule has 0 aliphatic heterocycles. The van der Waals surface area contributed by atoms with Crippen molar-refractivity contribution in [3.8, 4) is 0 Å². The smallest absolute Gasteiger partial charge is 0.397 e. The normalized spacial score (nSPS) is 10.7. The minimum Gasteiger partial charge on any atom is -0.453 e. The van der Waals surface area contributed by atoms with Crippen LogP contribution in [0.25, 0.3) is 0 Å². The molecule has 0 spiro atoms. The van der Waals surface area contributed by atoms with Crippen LogP contribution in [0.15, 0.2) is 24.3 Å². The molecule has 0 heterocycles. The first-order chi connectivity index (χ1) is 8.69. The summed E-state index contributed by atoms with van der Waals surface area (Å²) in [6.45, 7) is 6.49. The first-order valence-electron chi connectivity index (χ1n) is 5.84. The van der Waals surface area contributed by atoms with Crippen LogP contribution in [0.1, 0.15) is 38.1 Å². The molecule has 5 heteroatoms. The van der Waals surface area contributed by atoms with E-state index in [9.17, 15) is 14.4 Å². The molecule has 0 atom stereocenters. The fraction of sp³-hybridized carbons (Fsp3) is 0.357. The Morgan fingerprint density at radius 2 is 1.58 bits per heavy atom. The molecule has 1 aromatic rings. The van der Waals surface area contributed by atoms with Crippen molar-refractivity contribution in [3.63, 3.8) is 0 Å². The van der Waals surface area contributed by atoms with E-state index in [1.54, 1.807) is 45.0 Å². The summed E-state index contributed by atoms with van der Waals surface area (Å²) in [5, 5.41) is 2.41. The minimum atomic E-state index is -0.942. The lowest BCUT2D eigenvalue weighted by Crippen LogP contribution is -2.32. The number of ketones is 1. The number of Topliss-reactive ketones (excluding diaryl/α,β-unsaturated/α-hetero) is 1. The van der Waals surface area contributed by atoms with Gasteiger partial charge in [0, 0.05) is 11.3 Å². The van der Waals surface area contributed by atoms with Crippen molar-refractivity contribution < 1.29 is 19.1 Å². The van der Waals surface area contributed by atoms with Gasteiger partial charge in [0.1, 0.15) is 5.60 Å².